The normalized spacial score (nSPS) is 20.1. The molecule has 0 unspecified atom stereocenters. The summed E-state index contributed by atoms with van der Waals surface area (Å²) in [6.45, 7) is 8.25. The van der Waals surface area contributed by atoms with E-state index in [0.29, 0.717) is 18.7 Å². The van der Waals surface area contributed by atoms with E-state index in [4.69, 9.17) is 11.6 Å². The second kappa shape index (κ2) is 7.66. The van der Waals surface area contributed by atoms with Gasteiger partial charge < -0.3 is 15.3 Å². The van der Waals surface area contributed by atoms with E-state index >= 15 is 0 Å². The Kier molecular flexibility index (Phi) is 5.96. The Balaban J connectivity index is 2.16. The fourth-order valence-corrected chi connectivity index (χ4v) is 3.28. The predicted octanol–water partition coefficient (Wildman–Crippen LogP) is 3.51. The standard InChI is InChI=1S/C19H25ClN2O4/c1-11-9-22(10-14(11)18(25)26)17(24)13-7-12(5-6-15(13)20)21-16(23)8-19(2,3)4/h5-7,11,14H,8-10H2,1-4H3,(H,21,23)(H,25,26)/t11-,14-/m1/s1. The maximum atomic E-state index is 12.8. The summed E-state index contributed by atoms with van der Waals surface area (Å²) >= 11 is 6.17. The molecule has 0 bridgehead atoms. The molecule has 2 atom stereocenters. The summed E-state index contributed by atoms with van der Waals surface area (Å²) in [7, 11) is 0. The molecule has 1 aliphatic rings. The first kappa shape index (κ1) is 20.2. The molecule has 0 aliphatic carbocycles. The molecule has 0 aromatic heterocycles. The Morgan fingerprint density at radius 1 is 1.27 bits per heavy atom. The van der Waals surface area contributed by atoms with Gasteiger partial charge in [-0.3, -0.25) is 14.4 Å². The van der Waals surface area contributed by atoms with Gasteiger partial charge in [0.2, 0.25) is 5.91 Å². The maximum absolute atomic E-state index is 12.8. The average Bonchev–Trinajstić information content (AvgIpc) is 2.88. The number of hydrogen-bond acceptors (Lipinski definition) is 3. The Labute approximate surface area is 158 Å². The highest BCUT2D eigenvalue weighted by molar-refractivity contribution is 6.34. The van der Waals surface area contributed by atoms with Crippen molar-refractivity contribution < 1.29 is 19.5 Å². The molecule has 2 amide bonds. The van der Waals surface area contributed by atoms with E-state index in [1.807, 2.05) is 27.7 Å². The van der Waals surface area contributed by atoms with Crippen LogP contribution in [0, 0.1) is 17.3 Å². The van der Waals surface area contributed by atoms with Crippen LogP contribution in [0.2, 0.25) is 5.02 Å². The molecule has 1 aromatic rings. The molecule has 1 saturated heterocycles. The van der Waals surface area contributed by atoms with Crippen molar-refractivity contribution in [1.82, 2.24) is 4.90 Å². The number of rotatable bonds is 4. The number of halogens is 1. The lowest BCUT2D eigenvalue weighted by Gasteiger charge is -2.19. The van der Waals surface area contributed by atoms with E-state index in [-0.39, 0.29) is 40.3 Å². The van der Waals surface area contributed by atoms with Crippen molar-refractivity contribution >= 4 is 35.1 Å². The second-order valence-electron chi connectivity index (χ2n) is 8.11. The smallest absolute Gasteiger partial charge is 0.308 e. The molecule has 0 radical (unpaired) electrons. The maximum Gasteiger partial charge on any atom is 0.308 e. The number of nitrogens with one attached hydrogen (secondary N) is 1. The van der Waals surface area contributed by atoms with E-state index < -0.39 is 11.9 Å². The fourth-order valence-electron chi connectivity index (χ4n) is 3.08. The van der Waals surface area contributed by atoms with Crippen molar-refractivity contribution in [3.8, 4) is 0 Å². The molecule has 6 nitrogen and oxygen atoms in total. The minimum absolute atomic E-state index is 0.120. The summed E-state index contributed by atoms with van der Waals surface area (Å²) in [5.74, 6) is -2.06. The molecule has 142 valence electrons. The molecule has 7 heteroatoms. The Bertz CT molecular complexity index is 727. The van der Waals surface area contributed by atoms with Crippen molar-refractivity contribution in [1.29, 1.82) is 0 Å². The highest BCUT2D eigenvalue weighted by atomic mass is 35.5. The van der Waals surface area contributed by atoms with Crippen molar-refractivity contribution in [2.75, 3.05) is 18.4 Å². The van der Waals surface area contributed by atoms with Gasteiger partial charge in [-0.15, -0.1) is 0 Å². The van der Waals surface area contributed by atoms with E-state index in [9.17, 15) is 19.5 Å². The van der Waals surface area contributed by atoms with Gasteiger partial charge in [-0.05, 0) is 29.5 Å². The predicted molar refractivity (Wildman–Crippen MR) is 100 cm³/mol. The number of carbonyl (C=O) groups excluding carboxylic acids is 2. The number of nitrogens with zero attached hydrogens (tertiary/aromatic N) is 1. The number of amides is 2. The Morgan fingerprint density at radius 2 is 1.92 bits per heavy atom. The average molecular weight is 381 g/mol. The molecule has 0 saturated carbocycles. The fraction of sp³-hybridized carbons (Fsp3) is 0.526. The molecule has 2 N–H and O–H groups in total. The van der Waals surface area contributed by atoms with Gasteiger partial charge in [0.15, 0.2) is 0 Å². The van der Waals surface area contributed by atoms with Gasteiger partial charge in [0.25, 0.3) is 5.91 Å². The molecule has 1 heterocycles. The van der Waals surface area contributed by atoms with Crippen LogP contribution in [0.15, 0.2) is 18.2 Å². The lowest BCUT2D eigenvalue weighted by atomic mass is 9.92. The van der Waals surface area contributed by atoms with Crippen LogP contribution in [0.3, 0.4) is 0 Å². The number of carboxylic acid groups (broad SMARTS) is 1. The number of anilines is 1. The van der Waals surface area contributed by atoms with Crippen molar-refractivity contribution in [2.45, 2.75) is 34.1 Å². The SMILES string of the molecule is C[C@@H]1CN(C(=O)c2cc(NC(=O)CC(C)(C)C)ccc2Cl)C[C@H]1C(=O)O. The van der Waals surface area contributed by atoms with Crippen molar-refractivity contribution in [2.24, 2.45) is 17.3 Å². The number of aliphatic carboxylic acids is 1. The van der Waals surface area contributed by atoms with Crippen molar-refractivity contribution in [3.63, 3.8) is 0 Å². The molecule has 0 spiro atoms. The lowest BCUT2D eigenvalue weighted by molar-refractivity contribution is -0.142. The molecule has 1 aromatic carbocycles. The van der Waals surface area contributed by atoms with Gasteiger partial charge in [0.05, 0.1) is 16.5 Å². The van der Waals surface area contributed by atoms with Gasteiger partial charge in [-0.1, -0.05) is 39.3 Å². The van der Waals surface area contributed by atoms with Gasteiger partial charge in [0, 0.05) is 25.2 Å². The summed E-state index contributed by atoms with van der Waals surface area (Å²) in [5.41, 5.74) is 0.611. The summed E-state index contributed by atoms with van der Waals surface area (Å²) in [5, 5.41) is 12.3. The minimum Gasteiger partial charge on any atom is -0.481 e. The van der Waals surface area contributed by atoms with Crippen LogP contribution in [0.5, 0.6) is 0 Å². The third-order valence-electron chi connectivity index (χ3n) is 4.39. The lowest BCUT2D eigenvalue weighted by Crippen LogP contribution is -2.30. The highest BCUT2D eigenvalue weighted by Crippen LogP contribution is 2.28. The van der Waals surface area contributed by atoms with Crippen molar-refractivity contribution in [3.05, 3.63) is 28.8 Å². The zero-order valence-electron chi connectivity index (χ0n) is 15.5. The molecule has 2 rings (SSSR count). The second-order valence-corrected chi connectivity index (χ2v) is 8.52. The van der Waals surface area contributed by atoms with Crippen LogP contribution in [-0.4, -0.2) is 40.9 Å². The van der Waals surface area contributed by atoms with E-state index in [1.165, 1.54) is 4.90 Å². The zero-order chi connectivity index (χ0) is 19.6. The first-order valence-corrected chi connectivity index (χ1v) is 8.97. The highest BCUT2D eigenvalue weighted by Gasteiger charge is 2.37. The van der Waals surface area contributed by atoms with E-state index in [1.54, 1.807) is 18.2 Å². The van der Waals surface area contributed by atoms with Crippen LogP contribution < -0.4 is 5.32 Å². The third-order valence-corrected chi connectivity index (χ3v) is 4.72. The quantitative estimate of drug-likeness (QED) is 0.836. The first-order valence-electron chi connectivity index (χ1n) is 8.59. The van der Waals surface area contributed by atoms with E-state index in [0.717, 1.165) is 0 Å². The summed E-state index contributed by atoms with van der Waals surface area (Å²) < 4.78 is 0. The van der Waals surface area contributed by atoms with Crippen LogP contribution in [0.25, 0.3) is 0 Å². The topological polar surface area (TPSA) is 86.7 Å². The van der Waals surface area contributed by atoms with Crippen LogP contribution in [0.1, 0.15) is 44.5 Å². The van der Waals surface area contributed by atoms with Crippen LogP contribution in [-0.2, 0) is 9.59 Å². The molecule has 26 heavy (non-hydrogen) atoms. The zero-order valence-corrected chi connectivity index (χ0v) is 16.3. The van der Waals surface area contributed by atoms with Gasteiger partial charge in [-0.2, -0.15) is 0 Å². The largest absolute Gasteiger partial charge is 0.481 e. The number of benzene rings is 1. The third kappa shape index (κ3) is 4.97. The summed E-state index contributed by atoms with van der Waals surface area (Å²) in [4.78, 5) is 37.7. The number of likely N-dealkylation sites (tertiary alicyclic amines) is 1. The van der Waals surface area contributed by atoms with Crippen LogP contribution in [0.4, 0.5) is 5.69 Å². The molecule has 1 aliphatic heterocycles. The molecular weight excluding hydrogens is 356 g/mol. The molecule has 1 fully saturated rings. The number of carbonyl (C=O) groups is 3. The number of hydrogen-bond donors (Lipinski definition) is 2. The number of carboxylic acids is 1. The Hall–Kier alpha value is -2.08. The van der Waals surface area contributed by atoms with Gasteiger partial charge in [-0.25, -0.2) is 0 Å². The first-order chi connectivity index (χ1) is 12.0. The van der Waals surface area contributed by atoms with E-state index in [2.05, 4.69) is 5.32 Å². The van der Waals surface area contributed by atoms with Gasteiger partial charge in [0.1, 0.15) is 0 Å². The molecular formula is C19H25ClN2O4. The summed E-state index contributed by atoms with van der Waals surface area (Å²) in [6.07, 6.45) is 0.350. The Morgan fingerprint density at radius 3 is 2.46 bits per heavy atom. The van der Waals surface area contributed by atoms with Gasteiger partial charge >= 0.3 is 5.97 Å². The minimum atomic E-state index is -0.901. The summed E-state index contributed by atoms with van der Waals surface area (Å²) in [6, 6.07) is 4.76. The van der Waals surface area contributed by atoms with Crippen LogP contribution >= 0.6 is 11.6 Å². The monoisotopic (exact) mass is 380 g/mol.